The number of aromatic nitrogens is 1. The van der Waals surface area contributed by atoms with E-state index in [9.17, 15) is 0 Å². The van der Waals surface area contributed by atoms with Gasteiger partial charge in [-0.05, 0) is 19.4 Å². The highest BCUT2D eigenvalue weighted by Crippen LogP contribution is 2.29. The van der Waals surface area contributed by atoms with Crippen LogP contribution >= 0.6 is 11.3 Å². The second-order valence-corrected chi connectivity index (χ2v) is 4.93. The number of nitrogens with one attached hydrogen (secondary N) is 1. The lowest BCUT2D eigenvalue weighted by Gasteiger charge is -2.05. The molecule has 2 atom stereocenters. The Bertz CT molecular complexity index is 294. The number of hydrogen-bond acceptors (Lipinski definition) is 4. The standard InChI is InChI=1S/C10H16N2OS/c1-7(6-13)9-5-12-10(14-9)8-3-2-4-11-8/h5,7-8,11,13H,2-4,6H2,1H3. The first kappa shape index (κ1) is 10.1. The number of nitrogens with zero attached hydrogens (tertiary/aromatic N) is 1. The number of rotatable bonds is 3. The Morgan fingerprint density at radius 3 is 3.29 bits per heavy atom. The molecule has 0 saturated carbocycles. The molecule has 0 radical (unpaired) electrons. The maximum Gasteiger partial charge on any atom is 0.110 e. The summed E-state index contributed by atoms with van der Waals surface area (Å²) in [5.74, 6) is 0.225. The van der Waals surface area contributed by atoms with Gasteiger partial charge in [0.05, 0.1) is 12.6 Å². The second-order valence-electron chi connectivity index (χ2n) is 3.83. The molecule has 2 heterocycles. The number of aliphatic hydroxyl groups is 1. The van der Waals surface area contributed by atoms with Crippen molar-refractivity contribution in [2.45, 2.75) is 31.7 Å². The van der Waals surface area contributed by atoms with Crippen LogP contribution in [0.25, 0.3) is 0 Å². The Hall–Kier alpha value is -0.450. The van der Waals surface area contributed by atoms with Crippen LogP contribution in [0.15, 0.2) is 6.20 Å². The first-order valence-corrected chi connectivity index (χ1v) is 5.92. The third-order valence-corrected chi connectivity index (χ3v) is 4.00. The predicted octanol–water partition coefficient (Wildman–Crippen LogP) is 1.66. The molecule has 1 aliphatic rings. The highest BCUT2D eigenvalue weighted by atomic mass is 32.1. The summed E-state index contributed by atoms with van der Waals surface area (Å²) in [7, 11) is 0. The maximum atomic E-state index is 9.03. The molecule has 1 aromatic heterocycles. The van der Waals surface area contributed by atoms with Gasteiger partial charge in [-0.3, -0.25) is 0 Å². The minimum Gasteiger partial charge on any atom is -0.396 e. The normalized spacial score (nSPS) is 24.0. The first-order chi connectivity index (χ1) is 6.81. The van der Waals surface area contributed by atoms with Crippen molar-refractivity contribution in [2.24, 2.45) is 0 Å². The molecular weight excluding hydrogens is 196 g/mol. The molecule has 0 spiro atoms. The van der Waals surface area contributed by atoms with Gasteiger partial charge >= 0.3 is 0 Å². The lowest BCUT2D eigenvalue weighted by atomic mass is 10.2. The van der Waals surface area contributed by atoms with Crippen LogP contribution in [0.3, 0.4) is 0 Å². The van der Waals surface area contributed by atoms with E-state index in [0.29, 0.717) is 6.04 Å². The SMILES string of the molecule is CC(CO)c1cnc(C2CCCN2)s1. The highest BCUT2D eigenvalue weighted by molar-refractivity contribution is 7.11. The molecule has 78 valence electrons. The quantitative estimate of drug-likeness (QED) is 0.801. The van der Waals surface area contributed by atoms with Crippen LogP contribution in [-0.4, -0.2) is 23.2 Å². The Morgan fingerprint density at radius 2 is 2.64 bits per heavy atom. The van der Waals surface area contributed by atoms with E-state index in [-0.39, 0.29) is 12.5 Å². The largest absolute Gasteiger partial charge is 0.396 e. The number of hydrogen-bond donors (Lipinski definition) is 2. The van der Waals surface area contributed by atoms with E-state index in [1.165, 1.54) is 22.7 Å². The molecule has 2 rings (SSSR count). The number of thiazole rings is 1. The number of aliphatic hydroxyl groups excluding tert-OH is 1. The van der Waals surface area contributed by atoms with Gasteiger partial charge in [-0.25, -0.2) is 4.98 Å². The van der Waals surface area contributed by atoms with E-state index in [1.807, 2.05) is 13.1 Å². The van der Waals surface area contributed by atoms with E-state index in [4.69, 9.17) is 5.11 Å². The van der Waals surface area contributed by atoms with Crippen LogP contribution < -0.4 is 5.32 Å². The van der Waals surface area contributed by atoms with E-state index >= 15 is 0 Å². The van der Waals surface area contributed by atoms with Crippen molar-refractivity contribution in [3.8, 4) is 0 Å². The van der Waals surface area contributed by atoms with Crippen LogP contribution in [0, 0.1) is 0 Å². The molecule has 0 bridgehead atoms. The van der Waals surface area contributed by atoms with Gasteiger partial charge in [0.25, 0.3) is 0 Å². The van der Waals surface area contributed by atoms with Crippen LogP contribution in [-0.2, 0) is 0 Å². The Kier molecular flexibility index (Phi) is 3.15. The molecular formula is C10H16N2OS. The molecule has 14 heavy (non-hydrogen) atoms. The van der Waals surface area contributed by atoms with Crippen LogP contribution in [0.5, 0.6) is 0 Å². The van der Waals surface area contributed by atoms with Crippen molar-refractivity contribution in [3.05, 3.63) is 16.1 Å². The summed E-state index contributed by atoms with van der Waals surface area (Å²) >= 11 is 1.73. The van der Waals surface area contributed by atoms with Gasteiger partial charge in [-0.15, -0.1) is 11.3 Å². The van der Waals surface area contributed by atoms with E-state index < -0.39 is 0 Å². The second kappa shape index (κ2) is 4.38. The lowest BCUT2D eigenvalue weighted by Crippen LogP contribution is -2.12. The Balaban J connectivity index is 2.08. The Labute approximate surface area is 88.2 Å². The summed E-state index contributed by atoms with van der Waals surface area (Å²) in [5.41, 5.74) is 0. The first-order valence-electron chi connectivity index (χ1n) is 5.11. The topological polar surface area (TPSA) is 45.2 Å². The maximum absolute atomic E-state index is 9.03. The van der Waals surface area contributed by atoms with Gasteiger partial charge < -0.3 is 10.4 Å². The van der Waals surface area contributed by atoms with Gasteiger partial charge in [-0.1, -0.05) is 6.92 Å². The van der Waals surface area contributed by atoms with Crippen LogP contribution in [0.4, 0.5) is 0 Å². The minimum atomic E-state index is 0.208. The fourth-order valence-electron chi connectivity index (χ4n) is 1.67. The summed E-state index contributed by atoms with van der Waals surface area (Å²) in [6, 6.07) is 0.458. The van der Waals surface area contributed by atoms with E-state index in [1.54, 1.807) is 11.3 Å². The van der Waals surface area contributed by atoms with Crippen molar-refractivity contribution < 1.29 is 5.11 Å². The lowest BCUT2D eigenvalue weighted by molar-refractivity contribution is 0.274. The van der Waals surface area contributed by atoms with Crippen molar-refractivity contribution in [2.75, 3.05) is 13.2 Å². The highest BCUT2D eigenvalue weighted by Gasteiger charge is 2.20. The zero-order valence-corrected chi connectivity index (χ0v) is 9.18. The molecule has 1 fully saturated rings. The van der Waals surface area contributed by atoms with Crippen LogP contribution in [0.1, 0.15) is 41.6 Å². The summed E-state index contributed by atoms with van der Waals surface area (Å²) in [6.45, 7) is 3.34. The average Bonchev–Trinajstić information content (AvgIpc) is 2.86. The molecule has 0 amide bonds. The zero-order chi connectivity index (χ0) is 9.97. The van der Waals surface area contributed by atoms with Crippen molar-refractivity contribution >= 4 is 11.3 Å². The monoisotopic (exact) mass is 212 g/mol. The smallest absolute Gasteiger partial charge is 0.110 e. The molecule has 1 aromatic rings. The molecule has 1 aliphatic heterocycles. The average molecular weight is 212 g/mol. The van der Waals surface area contributed by atoms with Crippen molar-refractivity contribution in [1.29, 1.82) is 0 Å². The predicted molar refractivity (Wildman–Crippen MR) is 57.6 cm³/mol. The van der Waals surface area contributed by atoms with Gasteiger partial charge in [-0.2, -0.15) is 0 Å². The van der Waals surface area contributed by atoms with Gasteiger partial charge in [0, 0.05) is 17.0 Å². The van der Waals surface area contributed by atoms with Gasteiger partial charge in [0.15, 0.2) is 0 Å². The molecule has 0 aliphatic carbocycles. The van der Waals surface area contributed by atoms with Crippen molar-refractivity contribution in [3.63, 3.8) is 0 Å². The van der Waals surface area contributed by atoms with Gasteiger partial charge in [0.2, 0.25) is 0 Å². The molecule has 3 nitrogen and oxygen atoms in total. The molecule has 0 aromatic carbocycles. The van der Waals surface area contributed by atoms with E-state index in [2.05, 4.69) is 10.3 Å². The third kappa shape index (κ3) is 1.97. The Morgan fingerprint density at radius 1 is 1.79 bits per heavy atom. The van der Waals surface area contributed by atoms with Crippen molar-refractivity contribution in [1.82, 2.24) is 10.3 Å². The summed E-state index contributed by atoms with van der Waals surface area (Å²) < 4.78 is 0. The molecule has 1 saturated heterocycles. The minimum absolute atomic E-state index is 0.208. The fourth-order valence-corrected chi connectivity index (χ4v) is 2.75. The molecule has 2 unspecified atom stereocenters. The summed E-state index contributed by atoms with van der Waals surface area (Å²) in [6.07, 6.45) is 4.34. The molecule has 2 N–H and O–H groups in total. The fraction of sp³-hybridized carbons (Fsp3) is 0.700. The van der Waals surface area contributed by atoms with Crippen LogP contribution in [0.2, 0.25) is 0 Å². The van der Waals surface area contributed by atoms with E-state index in [0.717, 1.165) is 6.54 Å². The summed E-state index contributed by atoms with van der Waals surface area (Å²) in [5, 5.41) is 13.6. The third-order valence-electron chi connectivity index (χ3n) is 2.66. The zero-order valence-electron chi connectivity index (χ0n) is 8.36. The van der Waals surface area contributed by atoms with Gasteiger partial charge in [0.1, 0.15) is 5.01 Å². The summed E-state index contributed by atoms with van der Waals surface area (Å²) in [4.78, 5) is 5.60. The molecule has 4 heteroatoms.